The van der Waals surface area contributed by atoms with Crippen LogP contribution < -0.4 is 0 Å². The summed E-state index contributed by atoms with van der Waals surface area (Å²) in [6.45, 7) is 3.96. The molecule has 0 aliphatic carbocycles. The zero-order valence-corrected chi connectivity index (χ0v) is 11.9. The number of hydrogen-bond donors (Lipinski definition) is 0. The number of amides is 1. The molecule has 0 unspecified atom stereocenters. The Bertz CT molecular complexity index is 412. The van der Waals surface area contributed by atoms with Gasteiger partial charge in [-0.1, -0.05) is 18.7 Å². The minimum atomic E-state index is 0.220. The number of rotatable bonds is 5. The summed E-state index contributed by atoms with van der Waals surface area (Å²) in [5.41, 5.74) is 0. The van der Waals surface area contributed by atoms with Crippen molar-refractivity contribution in [3.05, 3.63) is 5.82 Å². The highest BCUT2D eigenvalue weighted by Crippen LogP contribution is 2.18. The maximum Gasteiger partial charge on any atom is 0.233 e. The molecule has 18 heavy (non-hydrogen) atoms. The van der Waals surface area contributed by atoms with Crippen LogP contribution in [0.15, 0.2) is 5.16 Å². The van der Waals surface area contributed by atoms with E-state index in [1.165, 1.54) is 11.8 Å². The monoisotopic (exact) mass is 268 g/mol. The van der Waals surface area contributed by atoms with E-state index in [-0.39, 0.29) is 5.91 Å². The molecule has 0 bridgehead atoms. The van der Waals surface area contributed by atoms with Crippen LogP contribution >= 0.6 is 11.8 Å². The molecule has 1 aromatic rings. The van der Waals surface area contributed by atoms with Gasteiger partial charge in [-0.3, -0.25) is 4.79 Å². The zero-order chi connectivity index (χ0) is 13.0. The first-order valence-corrected chi connectivity index (χ1v) is 7.49. The molecular weight excluding hydrogens is 248 g/mol. The van der Waals surface area contributed by atoms with Crippen molar-refractivity contribution in [3.8, 4) is 0 Å². The lowest BCUT2D eigenvalue weighted by molar-refractivity contribution is -0.127. The van der Waals surface area contributed by atoms with Crippen molar-refractivity contribution in [2.75, 3.05) is 18.8 Å². The Morgan fingerprint density at radius 3 is 2.72 bits per heavy atom. The number of nitrogens with zero attached hydrogens (tertiary/aromatic N) is 4. The van der Waals surface area contributed by atoms with Gasteiger partial charge in [-0.25, -0.2) is 0 Å². The number of thioether (sulfide) groups is 1. The van der Waals surface area contributed by atoms with Gasteiger partial charge in [-0.15, -0.1) is 10.2 Å². The van der Waals surface area contributed by atoms with Crippen molar-refractivity contribution >= 4 is 17.7 Å². The van der Waals surface area contributed by atoms with Crippen molar-refractivity contribution in [3.63, 3.8) is 0 Å². The van der Waals surface area contributed by atoms with Gasteiger partial charge in [0, 0.05) is 26.6 Å². The zero-order valence-electron chi connectivity index (χ0n) is 11.1. The molecule has 0 radical (unpaired) electrons. The van der Waals surface area contributed by atoms with Crippen molar-refractivity contribution in [2.24, 2.45) is 7.05 Å². The van der Waals surface area contributed by atoms with Gasteiger partial charge in [0.1, 0.15) is 5.82 Å². The summed E-state index contributed by atoms with van der Waals surface area (Å²) >= 11 is 1.49. The van der Waals surface area contributed by atoms with Gasteiger partial charge in [0.05, 0.1) is 5.75 Å². The Morgan fingerprint density at radius 2 is 2.06 bits per heavy atom. The lowest BCUT2D eigenvalue weighted by atomic mass is 10.3. The standard InChI is InChI=1S/C12H20N4OS/c1-3-6-10-13-14-12(15(10)2)18-9-11(17)16-7-4-5-8-16/h3-9H2,1-2H3. The summed E-state index contributed by atoms with van der Waals surface area (Å²) in [6, 6.07) is 0. The highest BCUT2D eigenvalue weighted by Gasteiger charge is 2.19. The van der Waals surface area contributed by atoms with Gasteiger partial charge < -0.3 is 9.47 Å². The molecule has 0 atom stereocenters. The van der Waals surface area contributed by atoms with E-state index in [0.29, 0.717) is 5.75 Å². The molecule has 1 saturated heterocycles. The summed E-state index contributed by atoms with van der Waals surface area (Å²) in [4.78, 5) is 13.9. The molecular formula is C12H20N4OS. The first-order chi connectivity index (χ1) is 8.72. The van der Waals surface area contributed by atoms with Gasteiger partial charge in [0.2, 0.25) is 5.91 Å². The van der Waals surface area contributed by atoms with Crippen LogP contribution in [0.3, 0.4) is 0 Å². The lowest BCUT2D eigenvalue weighted by Crippen LogP contribution is -2.29. The molecule has 1 aliphatic rings. The smallest absolute Gasteiger partial charge is 0.233 e. The van der Waals surface area contributed by atoms with Gasteiger partial charge in [-0.2, -0.15) is 0 Å². The Kier molecular flexibility index (Phi) is 4.63. The molecule has 6 heteroatoms. The molecule has 1 fully saturated rings. The highest BCUT2D eigenvalue weighted by molar-refractivity contribution is 7.99. The average Bonchev–Trinajstić information content (AvgIpc) is 2.99. The number of carbonyl (C=O) groups excluding carboxylic acids is 1. The van der Waals surface area contributed by atoms with Gasteiger partial charge in [0.15, 0.2) is 5.16 Å². The molecule has 0 aromatic carbocycles. The van der Waals surface area contributed by atoms with Crippen LogP contribution in [-0.4, -0.2) is 44.4 Å². The number of carbonyl (C=O) groups is 1. The Morgan fingerprint density at radius 1 is 1.33 bits per heavy atom. The van der Waals surface area contributed by atoms with E-state index in [4.69, 9.17) is 0 Å². The Hall–Kier alpha value is -1.04. The molecule has 0 spiro atoms. The molecule has 1 aromatic heterocycles. The van der Waals surface area contributed by atoms with Crippen LogP contribution in [0.4, 0.5) is 0 Å². The number of likely N-dealkylation sites (tertiary alicyclic amines) is 1. The summed E-state index contributed by atoms with van der Waals surface area (Å²) in [7, 11) is 1.97. The fourth-order valence-corrected chi connectivity index (χ4v) is 2.93. The van der Waals surface area contributed by atoms with E-state index in [2.05, 4.69) is 17.1 Å². The van der Waals surface area contributed by atoms with Crippen molar-refractivity contribution in [1.82, 2.24) is 19.7 Å². The Labute approximate surface area is 112 Å². The largest absolute Gasteiger partial charge is 0.342 e. The van der Waals surface area contributed by atoms with Gasteiger partial charge in [0.25, 0.3) is 0 Å². The first-order valence-electron chi connectivity index (χ1n) is 6.51. The predicted molar refractivity (Wildman–Crippen MR) is 71.5 cm³/mol. The van der Waals surface area contributed by atoms with Gasteiger partial charge in [-0.05, 0) is 19.3 Å². The van der Waals surface area contributed by atoms with E-state index in [0.717, 1.165) is 49.8 Å². The maximum absolute atomic E-state index is 11.9. The fourth-order valence-electron chi connectivity index (χ4n) is 2.10. The normalized spacial score (nSPS) is 15.3. The SMILES string of the molecule is CCCc1nnc(SCC(=O)N2CCCC2)n1C. The molecule has 1 amide bonds. The second kappa shape index (κ2) is 6.22. The third-order valence-electron chi connectivity index (χ3n) is 3.18. The second-order valence-corrected chi connectivity index (χ2v) is 5.53. The minimum Gasteiger partial charge on any atom is -0.342 e. The quantitative estimate of drug-likeness (QED) is 0.759. The summed E-state index contributed by atoms with van der Waals surface area (Å²) in [6.07, 6.45) is 4.27. The average molecular weight is 268 g/mol. The van der Waals surface area contributed by atoms with Crippen molar-refractivity contribution < 1.29 is 4.79 Å². The van der Waals surface area contributed by atoms with E-state index < -0.39 is 0 Å². The van der Waals surface area contributed by atoms with Crippen LogP contribution in [0, 0.1) is 0 Å². The number of aryl methyl sites for hydroxylation is 1. The van der Waals surface area contributed by atoms with Crippen molar-refractivity contribution in [2.45, 2.75) is 37.8 Å². The van der Waals surface area contributed by atoms with Crippen LogP contribution in [0.25, 0.3) is 0 Å². The maximum atomic E-state index is 11.9. The summed E-state index contributed by atoms with van der Waals surface area (Å²) in [5, 5.41) is 9.13. The second-order valence-electron chi connectivity index (χ2n) is 4.58. The van der Waals surface area contributed by atoms with E-state index in [1.54, 1.807) is 0 Å². The lowest BCUT2D eigenvalue weighted by Gasteiger charge is -2.14. The topological polar surface area (TPSA) is 51.0 Å². The van der Waals surface area contributed by atoms with E-state index >= 15 is 0 Å². The molecule has 0 N–H and O–H groups in total. The number of aromatic nitrogens is 3. The Balaban J connectivity index is 1.87. The molecule has 5 nitrogen and oxygen atoms in total. The molecule has 100 valence electrons. The van der Waals surface area contributed by atoms with Crippen LogP contribution in [-0.2, 0) is 18.3 Å². The highest BCUT2D eigenvalue weighted by atomic mass is 32.2. The van der Waals surface area contributed by atoms with E-state index in [1.807, 2.05) is 16.5 Å². The number of hydrogen-bond acceptors (Lipinski definition) is 4. The third kappa shape index (κ3) is 3.04. The van der Waals surface area contributed by atoms with Crippen LogP contribution in [0.1, 0.15) is 32.0 Å². The van der Waals surface area contributed by atoms with Crippen LogP contribution in [0.2, 0.25) is 0 Å². The minimum absolute atomic E-state index is 0.220. The summed E-state index contributed by atoms with van der Waals surface area (Å²) in [5.74, 6) is 1.68. The predicted octanol–water partition coefficient (Wildman–Crippen LogP) is 1.48. The van der Waals surface area contributed by atoms with Crippen LogP contribution in [0.5, 0.6) is 0 Å². The first kappa shape index (κ1) is 13.4. The molecule has 0 saturated carbocycles. The third-order valence-corrected chi connectivity index (χ3v) is 4.19. The van der Waals surface area contributed by atoms with E-state index in [9.17, 15) is 4.79 Å². The fraction of sp³-hybridized carbons (Fsp3) is 0.750. The molecule has 2 rings (SSSR count). The van der Waals surface area contributed by atoms with Gasteiger partial charge >= 0.3 is 0 Å². The molecule has 2 heterocycles. The van der Waals surface area contributed by atoms with Crippen molar-refractivity contribution in [1.29, 1.82) is 0 Å². The molecule has 1 aliphatic heterocycles. The summed E-state index contributed by atoms with van der Waals surface area (Å²) < 4.78 is 1.99.